The number of amides is 1. The van der Waals surface area contributed by atoms with E-state index in [1.165, 1.54) is 11.2 Å². The Bertz CT molecular complexity index is 994. The van der Waals surface area contributed by atoms with Gasteiger partial charge in [0.2, 0.25) is 15.9 Å². The summed E-state index contributed by atoms with van der Waals surface area (Å²) in [6.45, 7) is 3.66. The molecule has 1 heterocycles. The number of carbonyl (C=O) groups is 2. The van der Waals surface area contributed by atoms with Gasteiger partial charge in [-0.2, -0.15) is 0 Å². The monoisotopic (exact) mass is 414 g/mol. The number of carbonyl (C=O) groups excluding carboxylic acids is 2. The SMILES string of the molecule is CCS(=O)(=O)N1CCC(C(=O)Nc2ccccc2C(C)=O)(c2ccccc2)CC1. The minimum Gasteiger partial charge on any atom is -0.325 e. The maximum atomic E-state index is 13.5. The molecule has 0 spiro atoms. The summed E-state index contributed by atoms with van der Waals surface area (Å²) in [4.78, 5) is 25.4. The van der Waals surface area contributed by atoms with Crippen LogP contribution in [0.3, 0.4) is 0 Å². The van der Waals surface area contributed by atoms with Crippen molar-refractivity contribution in [1.29, 1.82) is 0 Å². The van der Waals surface area contributed by atoms with Crippen molar-refractivity contribution >= 4 is 27.4 Å². The van der Waals surface area contributed by atoms with Crippen LogP contribution >= 0.6 is 0 Å². The second-order valence-corrected chi connectivity index (χ2v) is 9.56. The number of ketones is 1. The van der Waals surface area contributed by atoms with Gasteiger partial charge < -0.3 is 5.32 Å². The van der Waals surface area contributed by atoms with Gasteiger partial charge in [-0.1, -0.05) is 42.5 Å². The summed E-state index contributed by atoms with van der Waals surface area (Å²) in [6.07, 6.45) is 0.759. The van der Waals surface area contributed by atoms with E-state index in [2.05, 4.69) is 5.32 Å². The van der Waals surface area contributed by atoms with Crippen molar-refractivity contribution < 1.29 is 18.0 Å². The smallest absolute Gasteiger partial charge is 0.235 e. The lowest BCUT2D eigenvalue weighted by molar-refractivity contribution is -0.123. The molecule has 0 saturated carbocycles. The molecule has 1 aliphatic heterocycles. The molecule has 1 saturated heterocycles. The topological polar surface area (TPSA) is 83.6 Å². The fraction of sp³-hybridized carbons (Fsp3) is 0.364. The van der Waals surface area contributed by atoms with Gasteiger partial charge in [0.15, 0.2) is 5.78 Å². The van der Waals surface area contributed by atoms with Crippen molar-refractivity contribution in [2.75, 3.05) is 24.2 Å². The Hall–Kier alpha value is -2.51. The maximum absolute atomic E-state index is 13.5. The van der Waals surface area contributed by atoms with Gasteiger partial charge in [0, 0.05) is 18.7 Å². The minimum absolute atomic E-state index is 0.0452. The average molecular weight is 415 g/mol. The van der Waals surface area contributed by atoms with Gasteiger partial charge in [0.25, 0.3) is 0 Å². The van der Waals surface area contributed by atoms with Crippen molar-refractivity contribution in [3.63, 3.8) is 0 Å². The van der Waals surface area contributed by atoms with E-state index in [1.54, 1.807) is 31.2 Å². The molecule has 0 unspecified atom stereocenters. The number of anilines is 1. The second kappa shape index (κ2) is 8.47. The molecule has 2 aromatic rings. The van der Waals surface area contributed by atoms with Crippen molar-refractivity contribution in [2.24, 2.45) is 0 Å². The third kappa shape index (κ3) is 4.26. The quantitative estimate of drug-likeness (QED) is 0.736. The van der Waals surface area contributed by atoms with Crippen LogP contribution in [0, 0.1) is 0 Å². The van der Waals surface area contributed by atoms with Crippen LogP contribution in [0.2, 0.25) is 0 Å². The normalized spacial score (nSPS) is 16.9. The third-order valence-electron chi connectivity index (χ3n) is 5.65. The summed E-state index contributed by atoms with van der Waals surface area (Å²) >= 11 is 0. The third-order valence-corrected chi connectivity index (χ3v) is 7.53. The molecule has 3 rings (SSSR count). The van der Waals surface area contributed by atoms with Crippen LogP contribution in [0.4, 0.5) is 5.69 Å². The van der Waals surface area contributed by atoms with Gasteiger partial charge in [-0.15, -0.1) is 0 Å². The summed E-state index contributed by atoms with van der Waals surface area (Å²) in [6, 6.07) is 16.4. The van der Waals surface area contributed by atoms with Gasteiger partial charge in [-0.3, -0.25) is 9.59 Å². The second-order valence-electron chi connectivity index (χ2n) is 7.30. The van der Waals surface area contributed by atoms with E-state index < -0.39 is 15.4 Å². The molecule has 6 nitrogen and oxygen atoms in total. The number of benzene rings is 2. The van der Waals surface area contributed by atoms with Crippen LogP contribution in [0.1, 0.15) is 42.6 Å². The Morgan fingerprint density at radius 3 is 2.17 bits per heavy atom. The predicted molar refractivity (Wildman–Crippen MR) is 113 cm³/mol. The van der Waals surface area contributed by atoms with Gasteiger partial charge in [-0.05, 0) is 44.4 Å². The molecule has 0 atom stereocenters. The van der Waals surface area contributed by atoms with E-state index in [-0.39, 0.29) is 30.5 Å². The number of rotatable bonds is 6. The molecule has 1 amide bonds. The van der Waals surface area contributed by atoms with E-state index >= 15 is 0 Å². The number of sulfonamides is 1. The Morgan fingerprint density at radius 1 is 1.00 bits per heavy atom. The van der Waals surface area contributed by atoms with E-state index in [9.17, 15) is 18.0 Å². The number of hydrogen-bond donors (Lipinski definition) is 1. The first kappa shape index (κ1) is 21.2. The number of hydrogen-bond acceptors (Lipinski definition) is 4. The van der Waals surface area contributed by atoms with E-state index in [0.29, 0.717) is 24.1 Å². The number of nitrogens with zero attached hydrogens (tertiary/aromatic N) is 1. The number of para-hydroxylation sites is 1. The fourth-order valence-electron chi connectivity index (χ4n) is 3.87. The van der Waals surface area contributed by atoms with Crippen LogP contribution < -0.4 is 5.32 Å². The highest BCUT2D eigenvalue weighted by Crippen LogP contribution is 2.38. The zero-order valence-electron chi connectivity index (χ0n) is 16.7. The molecule has 0 aromatic heterocycles. The molecule has 7 heteroatoms. The van der Waals surface area contributed by atoms with E-state index in [0.717, 1.165) is 5.56 Å². The molecule has 0 radical (unpaired) electrons. The van der Waals surface area contributed by atoms with Gasteiger partial charge in [-0.25, -0.2) is 12.7 Å². The van der Waals surface area contributed by atoms with Crippen molar-refractivity contribution in [3.8, 4) is 0 Å². The molecule has 1 aliphatic rings. The lowest BCUT2D eigenvalue weighted by Gasteiger charge is -2.40. The zero-order chi connectivity index (χ0) is 21.1. The number of piperidine rings is 1. The molecule has 0 bridgehead atoms. The predicted octanol–water partition coefficient (Wildman–Crippen LogP) is 3.21. The Morgan fingerprint density at radius 2 is 1.59 bits per heavy atom. The first-order chi connectivity index (χ1) is 13.8. The zero-order valence-corrected chi connectivity index (χ0v) is 17.5. The molecular formula is C22H26N2O4S. The van der Waals surface area contributed by atoms with Crippen LogP contribution in [0.25, 0.3) is 0 Å². The first-order valence-corrected chi connectivity index (χ1v) is 11.4. The van der Waals surface area contributed by atoms with Gasteiger partial charge in [0.05, 0.1) is 16.9 Å². The number of Topliss-reactive ketones (excluding diaryl/α,β-unsaturated/α-hetero) is 1. The molecule has 29 heavy (non-hydrogen) atoms. The van der Waals surface area contributed by atoms with Crippen LogP contribution in [0.5, 0.6) is 0 Å². The lowest BCUT2D eigenvalue weighted by Crippen LogP contribution is -2.51. The summed E-state index contributed by atoms with van der Waals surface area (Å²) < 4.78 is 26.0. The van der Waals surface area contributed by atoms with Crippen LogP contribution in [-0.4, -0.2) is 43.3 Å². The van der Waals surface area contributed by atoms with Gasteiger partial charge in [0.1, 0.15) is 0 Å². The molecular weight excluding hydrogens is 388 g/mol. The Kier molecular flexibility index (Phi) is 6.19. The molecule has 1 fully saturated rings. The average Bonchev–Trinajstić information content (AvgIpc) is 2.74. The molecule has 0 aliphatic carbocycles. The van der Waals surface area contributed by atoms with E-state index in [4.69, 9.17) is 0 Å². The summed E-state index contributed by atoms with van der Waals surface area (Å²) in [7, 11) is -3.30. The Labute approximate surface area is 172 Å². The maximum Gasteiger partial charge on any atom is 0.235 e. The standard InChI is InChI=1S/C22H26N2O4S/c1-3-29(27,28)24-15-13-22(14-16-24,18-9-5-4-6-10-18)21(26)23-20-12-8-7-11-19(20)17(2)25/h4-12H,3,13-16H2,1-2H3,(H,23,26). The highest BCUT2D eigenvalue weighted by molar-refractivity contribution is 7.89. The highest BCUT2D eigenvalue weighted by atomic mass is 32.2. The van der Waals surface area contributed by atoms with Crippen LogP contribution in [0.15, 0.2) is 54.6 Å². The molecule has 154 valence electrons. The minimum atomic E-state index is -3.30. The van der Waals surface area contributed by atoms with Crippen molar-refractivity contribution in [1.82, 2.24) is 4.31 Å². The molecule has 1 N–H and O–H groups in total. The van der Waals surface area contributed by atoms with Gasteiger partial charge >= 0.3 is 0 Å². The summed E-state index contributed by atoms with van der Waals surface area (Å²) in [5.74, 6) is -0.298. The fourth-order valence-corrected chi connectivity index (χ4v) is 4.98. The molecule has 2 aromatic carbocycles. The lowest BCUT2D eigenvalue weighted by atomic mass is 9.72. The summed E-state index contributed by atoms with van der Waals surface area (Å²) in [5, 5.41) is 2.94. The first-order valence-electron chi connectivity index (χ1n) is 9.75. The summed E-state index contributed by atoms with van der Waals surface area (Å²) in [5.41, 5.74) is 0.926. The Balaban J connectivity index is 1.94. The van der Waals surface area contributed by atoms with E-state index in [1.807, 2.05) is 30.3 Å². The highest BCUT2D eigenvalue weighted by Gasteiger charge is 2.44. The van der Waals surface area contributed by atoms with Crippen molar-refractivity contribution in [2.45, 2.75) is 32.1 Å². The van der Waals surface area contributed by atoms with Crippen LogP contribution in [-0.2, 0) is 20.2 Å². The van der Waals surface area contributed by atoms with Crippen molar-refractivity contribution in [3.05, 3.63) is 65.7 Å². The number of nitrogens with one attached hydrogen (secondary N) is 1. The largest absolute Gasteiger partial charge is 0.325 e.